The SMILES string of the molecule is N#CC1(C(N)=O)[C@H](c2ccccc2)CC(=O)C[C@H]1c1ccccc1. The zero-order chi connectivity index (χ0) is 17.2. The summed E-state index contributed by atoms with van der Waals surface area (Å²) in [4.78, 5) is 24.9. The number of Topliss-reactive ketones (excluding diaryl/α,β-unsaturated/α-hetero) is 1. The van der Waals surface area contributed by atoms with E-state index >= 15 is 0 Å². The van der Waals surface area contributed by atoms with Gasteiger partial charge in [0.1, 0.15) is 11.2 Å². The quantitative estimate of drug-likeness (QED) is 0.944. The summed E-state index contributed by atoms with van der Waals surface area (Å²) in [6, 6.07) is 20.7. The number of rotatable bonds is 3. The molecule has 0 unspecified atom stereocenters. The van der Waals surface area contributed by atoms with Gasteiger partial charge in [0.2, 0.25) is 5.91 Å². The number of ketones is 1. The standard InChI is InChI=1S/C20H18N2O2/c21-13-20(19(22)24)17(14-7-3-1-4-8-14)11-16(23)12-18(20)15-9-5-2-6-10-15/h1-10,17-18H,11-12H2,(H2,22,24)/t17-,18-/m0/s1. The molecule has 1 saturated carbocycles. The second-order valence-electron chi connectivity index (χ2n) is 6.22. The zero-order valence-electron chi connectivity index (χ0n) is 13.2. The van der Waals surface area contributed by atoms with Gasteiger partial charge in [-0.1, -0.05) is 60.7 Å². The Morgan fingerprint density at radius 3 is 1.71 bits per heavy atom. The third kappa shape index (κ3) is 2.48. The van der Waals surface area contributed by atoms with Gasteiger partial charge in [-0.25, -0.2) is 0 Å². The van der Waals surface area contributed by atoms with Gasteiger partial charge in [-0.2, -0.15) is 5.26 Å². The topological polar surface area (TPSA) is 83.9 Å². The molecule has 1 fully saturated rings. The normalized spacial score (nSPS) is 22.5. The van der Waals surface area contributed by atoms with Crippen LogP contribution in [0.3, 0.4) is 0 Å². The summed E-state index contributed by atoms with van der Waals surface area (Å²) in [6.45, 7) is 0. The lowest BCUT2D eigenvalue weighted by atomic mass is 9.56. The van der Waals surface area contributed by atoms with Crippen molar-refractivity contribution in [2.45, 2.75) is 24.7 Å². The van der Waals surface area contributed by atoms with Gasteiger partial charge in [-0.15, -0.1) is 0 Å². The fourth-order valence-electron chi connectivity index (χ4n) is 3.79. The lowest BCUT2D eigenvalue weighted by molar-refractivity contribution is -0.132. The molecule has 2 aromatic rings. The smallest absolute Gasteiger partial charge is 0.239 e. The molecule has 2 N–H and O–H groups in total. The van der Waals surface area contributed by atoms with Crippen molar-refractivity contribution in [2.24, 2.45) is 11.1 Å². The molecule has 0 aromatic heterocycles. The number of hydrogen-bond acceptors (Lipinski definition) is 3. The van der Waals surface area contributed by atoms with Crippen molar-refractivity contribution in [2.75, 3.05) is 0 Å². The second-order valence-corrected chi connectivity index (χ2v) is 6.22. The Bertz CT molecular complexity index is 742. The van der Waals surface area contributed by atoms with Crippen molar-refractivity contribution in [3.05, 3.63) is 71.8 Å². The van der Waals surface area contributed by atoms with Crippen LogP contribution in [0.2, 0.25) is 0 Å². The number of primary amides is 1. The largest absolute Gasteiger partial charge is 0.368 e. The zero-order valence-corrected chi connectivity index (χ0v) is 13.2. The number of amides is 1. The van der Waals surface area contributed by atoms with Crippen LogP contribution in [-0.2, 0) is 9.59 Å². The molecule has 0 aliphatic heterocycles. The van der Waals surface area contributed by atoms with E-state index in [0.717, 1.165) is 11.1 Å². The first-order valence-electron chi connectivity index (χ1n) is 7.92. The van der Waals surface area contributed by atoms with Crippen LogP contribution in [-0.4, -0.2) is 11.7 Å². The molecule has 2 aromatic carbocycles. The van der Waals surface area contributed by atoms with E-state index in [1.54, 1.807) is 0 Å². The van der Waals surface area contributed by atoms with Crippen LogP contribution in [0.1, 0.15) is 35.8 Å². The predicted octanol–water partition coefficient (Wildman–Crippen LogP) is 2.91. The van der Waals surface area contributed by atoms with Crippen molar-refractivity contribution in [3.63, 3.8) is 0 Å². The number of benzene rings is 2. The van der Waals surface area contributed by atoms with Crippen molar-refractivity contribution < 1.29 is 9.59 Å². The van der Waals surface area contributed by atoms with E-state index in [2.05, 4.69) is 6.07 Å². The first-order chi connectivity index (χ1) is 11.6. The molecule has 120 valence electrons. The molecule has 1 aliphatic carbocycles. The highest BCUT2D eigenvalue weighted by Crippen LogP contribution is 2.53. The molecule has 2 atom stereocenters. The molecular formula is C20H18N2O2. The van der Waals surface area contributed by atoms with E-state index in [1.807, 2.05) is 60.7 Å². The number of carbonyl (C=O) groups excluding carboxylic acids is 2. The summed E-state index contributed by atoms with van der Waals surface area (Å²) in [6.07, 6.45) is 0.313. The van der Waals surface area contributed by atoms with Crippen molar-refractivity contribution >= 4 is 11.7 Å². The maximum atomic E-state index is 12.5. The highest BCUT2D eigenvalue weighted by molar-refractivity contribution is 5.92. The number of nitrogens with two attached hydrogens (primary N) is 1. The van der Waals surface area contributed by atoms with Gasteiger partial charge < -0.3 is 5.73 Å². The minimum absolute atomic E-state index is 0.0461. The van der Waals surface area contributed by atoms with Crippen molar-refractivity contribution in [1.29, 1.82) is 5.26 Å². The van der Waals surface area contributed by atoms with Gasteiger partial charge in [0, 0.05) is 24.7 Å². The van der Waals surface area contributed by atoms with Crippen LogP contribution >= 0.6 is 0 Å². The molecule has 0 saturated heterocycles. The average molecular weight is 318 g/mol. The number of nitriles is 1. The van der Waals surface area contributed by atoms with Gasteiger partial charge in [-0.05, 0) is 11.1 Å². The molecule has 4 heteroatoms. The van der Waals surface area contributed by atoms with Gasteiger partial charge in [0.15, 0.2) is 0 Å². The molecule has 1 aliphatic rings. The Morgan fingerprint density at radius 1 is 0.958 bits per heavy atom. The van der Waals surface area contributed by atoms with Crippen LogP contribution in [0.4, 0.5) is 0 Å². The molecule has 0 radical (unpaired) electrons. The highest BCUT2D eigenvalue weighted by Gasteiger charge is 2.56. The monoisotopic (exact) mass is 318 g/mol. The molecule has 1 amide bonds. The second kappa shape index (κ2) is 6.29. The van der Waals surface area contributed by atoms with Crippen LogP contribution in [0.15, 0.2) is 60.7 Å². The fraction of sp³-hybridized carbons (Fsp3) is 0.250. The third-order valence-corrected chi connectivity index (χ3v) is 4.96. The highest BCUT2D eigenvalue weighted by atomic mass is 16.1. The summed E-state index contributed by atoms with van der Waals surface area (Å²) in [5, 5.41) is 10.00. The maximum Gasteiger partial charge on any atom is 0.239 e. The van der Waals surface area contributed by atoms with Crippen LogP contribution < -0.4 is 5.73 Å². The first kappa shape index (κ1) is 15.9. The molecule has 24 heavy (non-hydrogen) atoms. The molecular weight excluding hydrogens is 300 g/mol. The van der Waals surface area contributed by atoms with E-state index in [9.17, 15) is 14.9 Å². The van der Waals surface area contributed by atoms with E-state index in [0.29, 0.717) is 0 Å². The minimum atomic E-state index is -1.43. The lowest BCUT2D eigenvalue weighted by Crippen LogP contribution is -2.49. The number of nitrogens with zero attached hydrogens (tertiary/aromatic N) is 1. The molecule has 4 nitrogen and oxygen atoms in total. The van der Waals surface area contributed by atoms with Crippen LogP contribution in [0.5, 0.6) is 0 Å². The van der Waals surface area contributed by atoms with E-state index in [-0.39, 0.29) is 18.6 Å². The van der Waals surface area contributed by atoms with Gasteiger partial charge in [0.25, 0.3) is 0 Å². The first-order valence-corrected chi connectivity index (χ1v) is 7.92. The summed E-state index contributed by atoms with van der Waals surface area (Å²) < 4.78 is 0. The Balaban J connectivity index is 2.20. The van der Waals surface area contributed by atoms with Crippen molar-refractivity contribution in [3.8, 4) is 6.07 Å². The van der Waals surface area contributed by atoms with Gasteiger partial charge in [-0.3, -0.25) is 9.59 Å². The van der Waals surface area contributed by atoms with Crippen LogP contribution in [0, 0.1) is 16.7 Å². The van der Waals surface area contributed by atoms with Crippen molar-refractivity contribution in [1.82, 2.24) is 0 Å². The van der Waals surface area contributed by atoms with E-state index in [4.69, 9.17) is 5.73 Å². The Hall–Kier alpha value is -2.93. The van der Waals surface area contributed by atoms with Gasteiger partial charge in [0.05, 0.1) is 6.07 Å². The molecule has 3 rings (SSSR count). The Morgan fingerprint density at radius 2 is 1.38 bits per heavy atom. The Kier molecular flexibility index (Phi) is 4.18. The third-order valence-electron chi connectivity index (χ3n) is 4.96. The summed E-state index contributed by atoms with van der Waals surface area (Å²) in [5.41, 5.74) is 5.90. The molecule has 0 spiro atoms. The van der Waals surface area contributed by atoms with E-state index in [1.165, 1.54) is 0 Å². The molecule has 0 bridgehead atoms. The van der Waals surface area contributed by atoms with Crippen LogP contribution in [0.25, 0.3) is 0 Å². The summed E-state index contributed by atoms with van der Waals surface area (Å²) in [5.74, 6) is -1.69. The summed E-state index contributed by atoms with van der Waals surface area (Å²) >= 11 is 0. The number of hydrogen-bond donors (Lipinski definition) is 1. The minimum Gasteiger partial charge on any atom is -0.368 e. The maximum absolute atomic E-state index is 12.5. The van der Waals surface area contributed by atoms with Gasteiger partial charge >= 0.3 is 0 Å². The summed E-state index contributed by atoms with van der Waals surface area (Å²) in [7, 11) is 0. The number of carbonyl (C=O) groups is 2. The lowest BCUT2D eigenvalue weighted by Gasteiger charge is -2.42. The predicted molar refractivity (Wildman–Crippen MR) is 89.8 cm³/mol. The molecule has 0 heterocycles. The fourth-order valence-corrected chi connectivity index (χ4v) is 3.79. The van der Waals surface area contributed by atoms with E-state index < -0.39 is 23.2 Å². The Labute approximate surface area is 140 Å². The average Bonchev–Trinajstić information content (AvgIpc) is 2.62.